The highest BCUT2D eigenvalue weighted by molar-refractivity contribution is 6.32. The first kappa shape index (κ1) is 19.3. The number of anilines is 2. The molecule has 1 atom stereocenters. The normalized spacial score (nSPS) is 16.5. The number of aromatic nitrogens is 2. The average molecular weight is 413 g/mol. The Balaban J connectivity index is 1.41. The zero-order valence-corrected chi connectivity index (χ0v) is 16.7. The van der Waals surface area contributed by atoms with Gasteiger partial charge in [-0.2, -0.15) is 0 Å². The van der Waals surface area contributed by atoms with Gasteiger partial charge < -0.3 is 19.4 Å². The number of halogens is 1. The van der Waals surface area contributed by atoms with Gasteiger partial charge in [-0.15, -0.1) is 10.2 Å². The highest BCUT2D eigenvalue weighted by atomic mass is 35.5. The number of nitrogens with zero attached hydrogens (tertiary/aromatic N) is 3. The molecular weight excluding hydrogens is 392 g/mol. The van der Waals surface area contributed by atoms with Crippen molar-refractivity contribution in [3.63, 3.8) is 0 Å². The van der Waals surface area contributed by atoms with E-state index < -0.39 is 0 Å². The van der Waals surface area contributed by atoms with Gasteiger partial charge in [-0.25, -0.2) is 0 Å². The van der Waals surface area contributed by atoms with Gasteiger partial charge in [0.15, 0.2) is 11.6 Å². The van der Waals surface area contributed by atoms with Gasteiger partial charge in [-0.3, -0.25) is 4.79 Å². The predicted octanol–water partition coefficient (Wildman–Crippen LogP) is 4.25. The number of carbonyl (C=O) groups is 1. The zero-order chi connectivity index (χ0) is 20.2. The number of hydrogen-bond donors (Lipinski definition) is 1. The average Bonchev–Trinajstić information content (AvgIpc) is 3.29. The van der Waals surface area contributed by atoms with E-state index in [-0.39, 0.29) is 11.8 Å². The molecule has 1 unspecified atom stereocenters. The molecule has 8 heteroatoms. The van der Waals surface area contributed by atoms with E-state index in [0.717, 1.165) is 25.2 Å². The van der Waals surface area contributed by atoms with E-state index in [2.05, 4.69) is 20.4 Å². The molecule has 1 aromatic carbocycles. The van der Waals surface area contributed by atoms with Crippen LogP contribution in [0.25, 0.3) is 11.5 Å². The van der Waals surface area contributed by atoms with Crippen molar-refractivity contribution < 1.29 is 13.9 Å². The van der Waals surface area contributed by atoms with Gasteiger partial charge in [0.25, 0.3) is 0 Å². The number of piperidine rings is 1. The molecular formula is C21H21ClN4O3. The third-order valence-electron chi connectivity index (χ3n) is 4.96. The predicted molar refractivity (Wildman–Crippen MR) is 111 cm³/mol. The highest BCUT2D eigenvalue weighted by Crippen LogP contribution is 2.28. The summed E-state index contributed by atoms with van der Waals surface area (Å²) < 4.78 is 10.5. The molecule has 1 amide bonds. The van der Waals surface area contributed by atoms with Crippen LogP contribution in [0, 0.1) is 5.92 Å². The minimum atomic E-state index is -0.142. The Morgan fingerprint density at radius 2 is 2.17 bits per heavy atom. The van der Waals surface area contributed by atoms with Crippen LogP contribution < -0.4 is 15.0 Å². The third-order valence-corrected chi connectivity index (χ3v) is 5.25. The number of carbonyl (C=O) groups excluding carboxylic acids is 1. The van der Waals surface area contributed by atoms with E-state index in [4.69, 9.17) is 20.8 Å². The van der Waals surface area contributed by atoms with Crippen LogP contribution in [-0.4, -0.2) is 36.3 Å². The quantitative estimate of drug-likeness (QED) is 0.674. The Labute approximate surface area is 173 Å². The molecule has 0 radical (unpaired) electrons. The van der Waals surface area contributed by atoms with E-state index in [1.807, 2.05) is 24.3 Å². The summed E-state index contributed by atoms with van der Waals surface area (Å²) in [6, 6.07) is 12.7. The van der Waals surface area contributed by atoms with Crippen molar-refractivity contribution in [2.24, 2.45) is 5.92 Å². The molecule has 0 saturated carbocycles. The molecule has 1 N–H and O–H groups in total. The number of amides is 1. The zero-order valence-electron chi connectivity index (χ0n) is 16.0. The van der Waals surface area contributed by atoms with Gasteiger partial charge in [0.2, 0.25) is 5.91 Å². The van der Waals surface area contributed by atoms with Crippen LogP contribution in [0.2, 0.25) is 5.02 Å². The van der Waals surface area contributed by atoms with E-state index >= 15 is 0 Å². The molecule has 150 valence electrons. The van der Waals surface area contributed by atoms with Gasteiger partial charge >= 0.3 is 0 Å². The minimum Gasteiger partial charge on any atom is -0.495 e. The van der Waals surface area contributed by atoms with Crippen LogP contribution in [-0.2, 0) is 4.79 Å². The van der Waals surface area contributed by atoms with Gasteiger partial charge in [-0.05, 0) is 55.3 Å². The number of nitrogens with one attached hydrogen (secondary N) is 1. The number of rotatable bonds is 5. The lowest BCUT2D eigenvalue weighted by Gasteiger charge is -2.32. The third kappa shape index (κ3) is 4.35. The monoisotopic (exact) mass is 412 g/mol. The van der Waals surface area contributed by atoms with Gasteiger partial charge in [0, 0.05) is 18.8 Å². The van der Waals surface area contributed by atoms with Crippen LogP contribution >= 0.6 is 11.6 Å². The summed E-state index contributed by atoms with van der Waals surface area (Å²) in [5.41, 5.74) is 1.34. The maximum atomic E-state index is 12.8. The molecule has 0 spiro atoms. The molecule has 29 heavy (non-hydrogen) atoms. The standard InChI is InChI=1S/C21H21ClN4O3/c1-28-18-8-6-15(12-16(18)22)23-21(27)14-4-2-10-26(13-14)20-9-7-17(24-25-20)19-5-3-11-29-19/h3,5-9,11-12,14H,2,4,10,13H2,1H3,(H,23,27). The maximum absolute atomic E-state index is 12.8. The fourth-order valence-electron chi connectivity index (χ4n) is 3.44. The SMILES string of the molecule is COc1ccc(NC(=O)C2CCCN(c3ccc(-c4ccco4)nn3)C2)cc1Cl. The molecule has 1 fully saturated rings. The molecule has 1 aliphatic heterocycles. The van der Waals surface area contributed by atoms with E-state index in [9.17, 15) is 4.79 Å². The summed E-state index contributed by atoms with van der Waals surface area (Å²) in [7, 11) is 1.56. The van der Waals surface area contributed by atoms with Crippen molar-refractivity contribution in [2.75, 3.05) is 30.4 Å². The molecule has 2 aromatic heterocycles. The molecule has 0 aliphatic carbocycles. The summed E-state index contributed by atoms with van der Waals surface area (Å²) in [6.07, 6.45) is 3.34. The molecule has 3 aromatic rings. The first-order valence-corrected chi connectivity index (χ1v) is 9.79. The molecule has 4 rings (SSSR count). The Hall–Kier alpha value is -3.06. The molecule has 1 saturated heterocycles. The Kier molecular flexibility index (Phi) is 5.67. The van der Waals surface area contributed by atoms with Crippen LogP contribution in [0.15, 0.2) is 53.1 Å². The van der Waals surface area contributed by atoms with Gasteiger partial charge in [0.1, 0.15) is 11.4 Å². The second-order valence-corrected chi connectivity index (χ2v) is 7.29. The Morgan fingerprint density at radius 3 is 2.86 bits per heavy atom. The lowest BCUT2D eigenvalue weighted by Crippen LogP contribution is -2.41. The maximum Gasteiger partial charge on any atom is 0.229 e. The van der Waals surface area contributed by atoms with E-state index in [0.29, 0.717) is 34.5 Å². The minimum absolute atomic E-state index is 0.0314. The summed E-state index contributed by atoms with van der Waals surface area (Å²) in [6.45, 7) is 1.43. The number of methoxy groups -OCH3 is 1. The van der Waals surface area contributed by atoms with Crippen LogP contribution in [0.1, 0.15) is 12.8 Å². The van der Waals surface area contributed by atoms with E-state index in [1.54, 1.807) is 31.6 Å². The first-order valence-electron chi connectivity index (χ1n) is 9.41. The fourth-order valence-corrected chi connectivity index (χ4v) is 3.69. The topological polar surface area (TPSA) is 80.5 Å². The number of hydrogen-bond acceptors (Lipinski definition) is 6. The van der Waals surface area contributed by atoms with Gasteiger partial charge in [0.05, 0.1) is 24.3 Å². The summed E-state index contributed by atoms with van der Waals surface area (Å²) in [5.74, 6) is 1.83. The second kappa shape index (κ2) is 8.53. The fraction of sp³-hybridized carbons (Fsp3) is 0.286. The number of benzene rings is 1. The van der Waals surface area contributed by atoms with Crippen LogP contribution in [0.3, 0.4) is 0 Å². The van der Waals surface area contributed by atoms with Crippen molar-refractivity contribution in [2.45, 2.75) is 12.8 Å². The lowest BCUT2D eigenvalue weighted by atomic mass is 9.97. The van der Waals surface area contributed by atoms with Crippen molar-refractivity contribution >= 4 is 29.0 Å². The first-order chi connectivity index (χ1) is 14.1. The molecule has 0 bridgehead atoms. The van der Waals surface area contributed by atoms with Crippen molar-refractivity contribution in [1.29, 1.82) is 0 Å². The Morgan fingerprint density at radius 1 is 1.28 bits per heavy atom. The van der Waals surface area contributed by atoms with E-state index in [1.165, 1.54) is 0 Å². The van der Waals surface area contributed by atoms with Crippen LogP contribution in [0.4, 0.5) is 11.5 Å². The van der Waals surface area contributed by atoms with Crippen molar-refractivity contribution in [1.82, 2.24) is 10.2 Å². The van der Waals surface area contributed by atoms with Crippen molar-refractivity contribution in [3.05, 3.63) is 53.8 Å². The molecule has 1 aliphatic rings. The van der Waals surface area contributed by atoms with Crippen molar-refractivity contribution in [3.8, 4) is 17.2 Å². The summed E-state index contributed by atoms with van der Waals surface area (Å²) >= 11 is 6.15. The Bertz CT molecular complexity index is 976. The lowest BCUT2D eigenvalue weighted by molar-refractivity contribution is -0.120. The van der Waals surface area contributed by atoms with Crippen LogP contribution in [0.5, 0.6) is 5.75 Å². The van der Waals surface area contributed by atoms with Gasteiger partial charge in [-0.1, -0.05) is 11.6 Å². The number of ether oxygens (including phenoxy) is 1. The smallest absolute Gasteiger partial charge is 0.229 e. The molecule has 3 heterocycles. The summed E-state index contributed by atoms with van der Waals surface area (Å²) in [4.78, 5) is 14.9. The number of furan rings is 1. The highest BCUT2D eigenvalue weighted by Gasteiger charge is 2.27. The summed E-state index contributed by atoms with van der Waals surface area (Å²) in [5, 5.41) is 12.0. The molecule has 7 nitrogen and oxygen atoms in total. The largest absolute Gasteiger partial charge is 0.495 e. The second-order valence-electron chi connectivity index (χ2n) is 6.88.